The van der Waals surface area contributed by atoms with Gasteiger partial charge in [-0.25, -0.2) is 4.79 Å². The minimum atomic E-state index is -0.502. The average Bonchev–Trinajstić information content (AvgIpc) is 3.00. The van der Waals surface area contributed by atoms with Gasteiger partial charge in [0.25, 0.3) is 0 Å². The summed E-state index contributed by atoms with van der Waals surface area (Å²) in [5, 5.41) is 9.39. The standard InChI is InChI=1S/C29H36N2O4S/c1-29(2,3)35-28(33)30-12-10-25-24(18-30)23-16-20(17-26-27(23)31(25)11-6-14-36-26)22-9-8-21(34-4)15-19(22)7-5-13-32/h5,7-9,15-17,24-25,32H,6,10-14,18H2,1-4H3/b7-5-/t24-,25-/m0/s1. The first-order chi connectivity index (χ1) is 17.3. The van der Waals surface area contributed by atoms with Crippen LogP contribution < -0.4 is 9.64 Å². The first kappa shape index (κ1) is 25.0. The van der Waals surface area contributed by atoms with Crippen molar-refractivity contribution in [2.24, 2.45) is 0 Å². The molecular formula is C29H36N2O4S. The van der Waals surface area contributed by atoms with Gasteiger partial charge < -0.3 is 24.4 Å². The molecule has 2 aromatic carbocycles. The summed E-state index contributed by atoms with van der Waals surface area (Å²) in [6.45, 7) is 8.21. The zero-order chi connectivity index (χ0) is 25.4. The number of ether oxygens (including phenoxy) is 2. The second-order valence-electron chi connectivity index (χ2n) is 10.7. The number of likely N-dealkylation sites (tertiary alicyclic amines) is 1. The summed E-state index contributed by atoms with van der Waals surface area (Å²) in [5.74, 6) is 2.15. The summed E-state index contributed by atoms with van der Waals surface area (Å²) in [6.07, 6.45) is 5.60. The number of aliphatic hydroxyl groups excluding tert-OH is 1. The van der Waals surface area contributed by atoms with Crippen molar-refractivity contribution >= 4 is 29.6 Å². The van der Waals surface area contributed by atoms with E-state index in [-0.39, 0.29) is 18.6 Å². The maximum absolute atomic E-state index is 12.9. The molecular weight excluding hydrogens is 472 g/mol. The Morgan fingerprint density at radius 2 is 2.06 bits per heavy atom. The minimum absolute atomic E-state index is 0.0127. The third-order valence-corrected chi connectivity index (χ3v) is 8.31. The van der Waals surface area contributed by atoms with Crippen molar-refractivity contribution in [3.05, 3.63) is 47.5 Å². The van der Waals surface area contributed by atoms with E-state index in [0.29, 0.717) is 12.6 Å². The average molecular weight is 509 g/mol. The first-order valence-corrected chi connectivity index (χ1v) is 13.8. The molecule has 2 atom stereocenters. The number of hydrogen-bond donors (Lipinski definition) is 1. The number of hydrogen-bond acceptors (Lipinski definition) is 6. The van der Waals surface area contributed by atoms with E-state index < -0.39 is 5.60 Å². The normalized spacial score (nSPS) is 21.2. The maximum atomic E-state index is 12.9. The van der Waals surface area contributed by atoms with Crippen LogP contribution in [0.1, 0.15) is 50.7 Å². The fourth-order valence-corrected chi connectivity index (χ4v) is 6.78. The number of thioether (sulfide) groups is 1. The lowest BCUT2D eigenvalue weighted by Gasteiger charge is -2.39. The molecule has 0 bridgehead atoms. The maximum Gasteiger partial charge on any atom is 0.410 e. The summed E-state index contributed by atoms with van der Waals surface area (Å²) in [4.78, 5) is 18.8. The monoisotopic (exact) mass is 508 g/mol. The Bertz CT molecular complexity index is 1170. The van der Waals surface area contributed by atoms with E-state index in [1.54, 1.807) is 13.2 Å². The highest BCUT2D eigenvalue weighted by Crippen LogP contribution is 2.52. The van der Waals surface area contributed by atoms with Gasteiger partial charge in [-0.05, 0) is 85.9 Å². The van der Waals surface area contributed by atoms with Crippen LogP contribution >= 0.6 is 11.8 Å². The van der Waals surface area contributed by atoms with Gasteiger partial charge in [-0.15, -0.1) is 11.8 Å². The molecule has 0 saturated carbocycles. The quantitative estimate of drug-likeness (QED) is 0.565. The van der Waals surface area contributed by atoms with E-state index in [1.807, 2.05) is 55.6 Å². The number of nitrogens with zero attached hydrogens (tertiary/aromatic N) is 2. The predicted molar refractivity (Wildman–Crippen MR) is 146 cm³/mol. The highest BCUT2D eigenvalue weighted by Gasteiger charge is 2.45. The molecule has 0 aromatic heterocycles. The smallest absolute Gasteiger partial charge is 0.410 e. The number of methoxy groups -OCH3 is 1. The molecule has 36 heavy (non-hydrogen) atoms. The van der Waals surface area contributed by atoms with E-state index in [9.17, 15) is 9.90 Å². The molecule has 2 aromatic rings. The third-order valence-electron chi connectivity index (χ3n) is 7.19. The number of fused-ring (bicyclic) bond motifs is 3. The Labute approximate surface area is 218 Å². The molecule has 3 aliphatic heterocycles. The summed E-state index contributed by atoms with van der Waals surface area (Å²) in [6, 6.07) is 11.2. The molecule has 0 radical (unpaired) electrons. The van der Waals surface area contributed by atoms with Gasteiger partial charge in [0.15, 0.2) is 0 Å². The van der Waals surface area contributed by atoms with Gasteiger partial charge >= 0.3 is 6.09 Å². The number of aliphatic hydroxyl groups is 1. The van der Waals surface area contributed by atoms with Crippen molar-refractivity contribution in [3.63, 3.8) is 0 Å². The lowest BCUT2D eigenvalue weighted by Crippen LogP contribution is -2.49. The second kappa shape index (κ2) is 10.0. The van der Waals surface area contributed by atoms with Crippen molar-refractivity contribution in [1.29, 1.82) is 0 Å². The number of amides is 1. The molecule has 0 unspecified atom stereocenters. The molecule has 3 heterocycles. The van der Waals surface area contributed by atoms with Crippen LogP contribution in [0.25, 0.3) is 17.2 Å². The highest BCUT2D eigenvalue weighted by molar-refractivity contribution is 7.99. The van der Waals surface area contributed by atoms with Crippen LogP contribution in [-0.2, 0) is 4.74 Å². The second-order valence-corrected chi connectivity index (χ2v) is 11.9. The predicted octanol–water partition coefficient (Wildman–Crippen LogP) is 5.78. The summed E-state index contributed by atoms with van der Waals surface area (Å²) in [7, 11) is 1.67. The zero-order valence-electron chi connectivity index (χ0n) is 21.6. The first-order valence-electron chi connectivity index (χ1n) is 12.8. The molecule has 1 fully saturated rings. The largest absolute Gasteiger partial charge is 0.497 e. The number of rotatable bonds is 4. The van der Waals surface area contributed by atoms with E-state index in [0.717, 1.165) is 54.1 Å². The number of carbonyl (C=O) groups excluding carboxylic acids is 1. The fraction of sp³-hybridized carbons (Fsp3) is 0.483. The molecule has 0 spiro atoms. The van der Waals surface area contributed by atoms with Gasteiger partial charge in [0.05, 0.1) is 19.4 Å². The van der Waals surface area contributed by atoms with Gasteiger partial charge in [-0.3, -0.25) is 0 Å². The van der Waals surface area contributed by atoms with Crippen LogP contribution in [0.15, 0.2) is 41.3 Å². The number of benzene rings is 2. The molecule has 6 nitrogen and oxygen atoms in total. The van der Waals surface area contributed by atoms with E-state index in [4.69, 9.17) is 9.47 Å². The molecule has 0 aliphatic carbocycles. The number of carbonyl (C=O) groups is 1. The van der Waals surface area contributed by atoms with E-state index in [2.05, 4.69) is 23.1 Å². The van der Waals surface area contributed by atoms with E-state index >= 15 is 0 Å². The zero-order valence-corrected chi connectivity index (χ0v) is 22.4. The molecule has 7 heteroatoms. The molecule has 1 N–H and O–H groups in total. The van der Waals surface area contributed by atoms with Crippen LogP contribution in [0, 0.1) is 0 Å². The molecule has 5 rings (SSSR count). The Kier molecular flexibility index (Phi) is 6.97. The summed E-state index contributed by atoms with van der Waals surface area (Å²) >= 11 is 1.94. The van der Waals surface area contributed by atoms with Gasteiger partial charge in [-0.2, -0.15) is 0 Å². The Balaban J connectivity index is 1.56. The van der Waals surface area contributed by atoms with E-state index in [1.165, 1.54) is 16.1 Å². The van der Waals surface area contributed by atoms with Crippen molar-refractivity contribution in [3.8, 4) is 16.9 Å². The van der Waals surface area contributed by atoms with Gasteiger partial charge in [0, 0.05) is 36.5 Å². The highest BCUT2D eigenvalue weighted by atomic mass is 32.2. The van der Waals surface area contributed by atoms with Crippen molar-refractivity contribution < 1.29 is 19.4 Å². The van der Waals surface area contributed by atoms with Crippen molar-refractivity contribution in [2.45, 2.75) is 56.1 Å². The Hall–Kier alpha value is -2.64. The SMILES string of the molecule is COc1ccc(-c2cc3c4c(c2)[C@@H]2CN(C(=O)OC(C)(C)C)CC[C@@H]2N4CCCS3)c(/C=C\CO)c1. The van der Waals surface area contributed by atoms with Gasteiger partial charge in [0.2, 0.25) is 0 Å². The van der Waals surface area contributed by atoms with Crippen LogP contribution in [0.2, 0.25) is 0 Å². The van der Waals surface area contributed by atoms with Crippen LogP contribution in [0.4, 0.5) is 10.5 Å². The Morgan fingerprint density at radius 3 is 2.81 bits per heavy atom. The topological polar surface area (TPSA) is 62.2 Å². The third kappa shape index (κ3) is 4.83. The minimum Gasteiger partial charge on any atom is -0.497 e. The number of piperidine rings is 1. The number of anilines is 1. The Morgan fingerprint density at radius 1 is 1.22 bits per heavy atom. The van der Waals surface area contributed by atoms with Crippen LogP contribution in [0.3, 0.4) is 0 Å². The fourth-order valence-electron chi connectivity index (χ4n) is 5.70. The van der Waals surface area contributed by atoms with Crippen molar-refractivity contribution in [2.75, 3.05) is 44.0 Å². The summed E-state index contributed by atoms with van der Waals surface area (Å²) < 4.78 is 11.2. The molecule has 3 aliphatic rings. The van der Waals surface area contributed by atoms with Gasteiger partial charge in [0.1, 0.15) is 11.4 Å². The lowest BCUT2D eigenvalue weighted by atomic mass is 9.87. The molecule has 1 amide bonds. The van der Waals surface area contributed by atoms with Crippen LogP contribution in [0.5, 0.6) is 5.75 Å². The summed E-state index contributed by atoms with van der Waals surface area (Å²) in [5.41, 5.74) is 5.48. The molecule has 192 valence electrons. The van der Waals surface area contributed by atoms with Crippen molar-refractivity contribution in [1.82, 2.24) is 4.90 Å². The molecule has 1 saturated heterocycles. The van der Waals surface area contributed by atoms with Gasteiger partial charge in [-0.1, -0.05) is 18.2 Å². The van der Waals surface area contributed by atoms with Crippen LogP contribution in [-0.4, -0.2) is 66.8 Å². The lowest BCUT2D eigenvalue weighted by molar-refractivity contribution is 0.0189.